The number of fused-ring (bicyclic) bond motifs is 3. The SMILES string of the molecule is COc1ccc(OC(=O)Nc2ccc(-c3ccc(O)c4c3C[C@H]3C[C@H]5[C@@H](N(C)C)C(=O)C(C(N)=O)=C(O)[C@@]5(O)C(=O)C3=C4O)cc2)cc1. The number of hydrogen-bond acceptors (Lipinski definition) is 11. The molecule has 0 aromatic heterocycles. The third kappa shape index (κ3) is 5.04. The van der Waals surface area contributed by atoms with Gasteiger partial charge in [-0.1, -0.05) is 18.2 Å². The zero-order chi connectivity index (χ0) is 34.7. The van der Waals surface area contributed by atoms with Gasteiger partial charge < -0.3 is 35.6 Å². The average Bonchev–Trinajstić information content (AvgIpc) is 3.03. The number of likely N-dealkylation sites (N-methyl/N-ethyl adjacent to an activating group) is 1. The van der Waals surface area contributed by atoms with Crippen LogP contribution in [0.4, 0.5) is 10.5 Å². The molecule has 13 nitrogen and oxygen atoms in total. The molecule has 0 aliphatic heterocycles. The van der Waals surface area contributed by atoms with Crippen molar-refractivity contribution in [2.75, 3.05) is 26.5 Å². The van der Waals surface area contributed by atoms with E-state index in [1.165, 1.54) is 18.1 Å². The van der Waals surface area contributed by atoms with Crippen molar-refractivity contribution in [3.63, 3.8) is 0 Å². The quantitative estimate of drug-likeness (QED) is 0.212. The maximum absolute atomic E-state index is 14.0. The molecule has 6 rings (SSSR count). The van der Waals surface area contributed by atoms with Gasteiger partial charge >= 0.3 is 6.09 Å². The minimum absolute atomic E-state index is 0.0194. The third-order valence-corrected chi connectivity index (χ3v) is 9.32. The standard InChI is InChI=1S/C35H33N3O10/c1-38(2)28-23-15-17-14-22-21(16-4-6-18(7-5-16)37-34(45)48-20-10-8-19(47-3)9-11-20)12-13-24(39)26(22)29(40)25(17)31(42)35(23,46)32(43)27(30(28)41)33(36)44/h4-13,17,23,28,39-40,43,46H,14-15H2,1-3H3,(H2,36,44)(H,37,45)/t17-,23-,28+,35-/m0/s1. The predicted octanol–water partition coefficient (Wildman–Crippen LogP) is 3.25. The van der Waals surface area contributed by atoms with Crippen molar-refractivity contribution in [1.29, 1.82) is 0 Å². The number of benzene rings is 3. The minimum atomic E-state index is -2.71. The fourth-order valence-corrected chi connectivity index (χ4v) is 7.14. The van der Waals surface area contributed by atoms with Crippen molar-refractivity contribution in [2.24, 2.45) is 17.6 Å². The lowest BCUT2D eigenvalue weighted by molar-refractivity contribution is -0.153. The van der Waals surface area contributed by atoms with E-state index in [4.69, 9.17) is 15.2 Å². The molecule has 4 atom stereocenters. The maximum Gasteiger partial charge on any atom is 0.417 e. The Labute approximate surface area is 274 Å². The number of nitrogens with zero attached hydrogens (tertiary/aromatic N) is 1. The Hall–Kier alpha value is -5.66. The zero-order valence-electron chi connectivity index (χ0n) is 26.2. The molecule has 1 saturated carbocycles. The minimum Gasteiger partial charge on any atom is -0.508 e. The zero-order valence-corrected chi connectivity index (χ0v) is 26.2. The number of carbonyl (C=O) groups excluding carboxylic acids is 4. The van der Waals surface area contributed by atoms with E-state index in [9.17, 15) is 39.6 Å². The number of nitrogens with two attached hydrogens (primary N) is 1. The second-order valence-electron chi connectivity index (χ2n) is 12.2. The number of aromatic hydroxyl groups is 1. The first-order valence-corrected chi connectivity index (χ1v) is 15.0. The van der Waals surface area contributed by atoms with Gasteiger partial charge in [0.2, 0.25) is 5.78 Å². The number of carbonyl (C=O) groups is 4. The Bertz CT molecular complexity index is 1930. The molecule has 1 fully saturated rings. The number of primary amides is 1. The van der Waals surface area contributed by atoms with Gasteiger partial charge in [0.1, 0.15) is 34.3 Å². The van der Waals surface area contributed by atoms with Crippen LogP contribution < -0.4 is 20.5 Å². The largest absolute Gasteiger partial charge is 0.508 e. The molecule has 3 aromatic rings. The number of methoxy groups -OCH3 is 1. The summed E-state index contributed by atoms with van der Waals surface area (Å²) in [6, 6.07) is 15.1. The summed E-state index contributed by atoms with van der Waals surface area (Å²) < 4.78 is 10.4. The number of aliphatic hydroxyl groups excluding tert-OH is 2. The van der Waals surface area contributed by atoms with Crippen molar-refractivity contribution < 1.29 is 49.1 Å². The molecular weight excluding hydrogens is 622 g/mol. The van der Waals surface area contributed by atoms with Crippen molar-refractivity contribution in [3.05, 3.63) is 88.7 Å². The van der Waals surface area contributed by atoms with Crippen LogP contribution in [0.2, 0.25) is 0 Å². The number of amides is 2. The van der Waals surface area contributed by atoms with Crippen LogP contribution in [-0.4, -0.2) is 81.7 Å². The number of anilines is 1. The number of nitrogens with one attached hydrogen (secondary N) is 1. The number of phenolic OH excluding ortho intramolecular Hbond substituents is 1. The molecule has 0 spiro atoms. The molecule has 0 bridgehead atoms. The highest BCUT2D eigenvalue weighted by atomic mass is 16.6. The number of phenols is 1. The number of Topliss-reactive ketones (excluding diaryl/α,β-unsaturated/α-hetero) is 2. The van der Waals surface area contributed by atoms with Gasteiger partial charge in [0.05, 0.1) is 18.7 Å². The summed E-state index contributed by atoms with van der Waals surface area (Å²) in [7, 11) is 4.61. The summed E-state index contributed by atoms with van der Waals surface area (Å²) in [5.74, 6) is -6.20. The van der Waals surface area contributed by atoms with Gasteiger partial charge in [0.25, 0.3) is 5.91 Å². The van der Waals surface area contributed by atoms with Gasteiger partial charge in [-0.3, -0.25) is 24.6 Å². The lowest BCUT2D eigenvalue weighted by Crippen LogP contribution is -2.65. The second-order valence-corrected chi connectivity index (χ2v) is 12.2. The van der Waals surface area contributed by atoms with E-state index in [0.29, 0.717) is 33.9 Å². The normalized spacial score (nSPS) is 23.3. The Morgan fingerprint density at radius 2 is 1.60 bits per heavy atom. The van der Waals surface area contributed by atoms with Crippen LogP contribution >= 0.6 is 0 Å². The lowest BCUT2D eigenvalue weighted by atomic mass is 9.57. The molecule has 48 heavy (non-hydrogen) atoms. The molecule has 3 aliphatic rings. The Morgan fingerprint density at radius 1 is 0.958 bits per heavy atom. The predicted molar refractivity (Wildman–Crippen MR) is 172 cm³/mol. The van der Waals surface area contributed by atoms with Crippen LogP contribution in [0, 0.1) is 11.8 Å². The maximum atomic E-state index is 14.0. The molecule has 3 aliphatic carbocycles. The smallest absolute Gasteiger partial charge is 0.417 e. The van der Waals surface area contributed by atoms with Crippen molar-refractivity contribution in [2.45, 2.75) is 24.5 Å². The van der Waals surface area contributed by atoms with Gasteiger partial charge in [0.15, 0.2) is 11.4 Å². The first kappa shape index (κ1) is 32.3. The summed E-state index contributed by atoms with van der Waals surface area (Å²) >= 11 is 0. The monoisotopic (exact) mass is 655 g/mol. The third-order valence-electron chi connectivity index (χ3n) is 9.32. The summed E-state index contributed by atoms with van der Waals surface area (Å²) in [4.78, 5) is 53.5. The fourth-order valence-electron chi connectivity index (χ4n) is 7.14. The Balaban J connectivity index is 1.34. The summed E-state index contributed by atoms with van der Waals surface area (Å²) in [6.07, 6.45) is -0.604. The fraction of sp³-hybridized carbons (Fsp3) is 0.257. The number of aliphatic hydroxyl groups is 3. The molecule has 0 heterocycles. The lowest BCUT2D eigenvalue weighted by Gasteiger charge is -2.50. The van der Waals surface area contributed by atoms with Crippen LogP contribution in [0.5, 0.6) is 17.2 Å². The van der Waals surface area contributed by atoms with Gasteiger partial charge in [-0.2, -0.15) is 0 Å². The highest BCUT2D eigenvalue weighted by Gasteiger charge is 2.64. The van der Waals surface area contributed by atoms with Crippen molar-refractivity contribution >= 4 is 35.0 Å². The molecule has 3 aromatic carbocycles. The first-order chi connectivity index (χ1) is 22.8. The molecule has 0 unspecified atom stereocenters. The molecule has 2 amide bonds. The van der Waals surface area contributed by atoms with Gasteiger partial charge in [-0.15, -0.1) is 0 Å². The highest BCUT2D eigenvalue weighted by Crippen LogP contribution is 2.53. The van der Waals surface area contributed by atoms with E-state index in [-0.39, 0.29) is 29.7 Å². The molecule has 0 radical (unpaired) electrons. The van der Waals surface area contributed by atoms with E-state index in [1.54, 1.807) is 68.7 Å². The number of hydrogen-bond donors (Lipinski definition) is 6. The van der Waals surface area contributed by atoms with Crippen molar-refractivity contribution in [1.82, 2.24) is 4.90 Å². The van der Waals surface area contributed by atoms with E-state index < -0.39 is 64.1 Å². The van der Waals surface area contributed by atoms with E-state index >= 15 is 0 Å². The average molecular weight is 656 g/mol. The molecular formula is C35H33N3O10. The summed E-state index contributed by atoms with van der Waals surface area (Å²) in [5, 5.41) is 47.8. The number of rotatable bonds is 6. The van der Waals surface area contributed by atoms with E-state index in [0.717, 1.165) is 0 Å². The Morgan fingerprint density at radius 3 is 2.21 bits per heavy atom. The van der Waals surface area contributed by atoms with Crippen LogP contribution in [0.15, 0.2) is 77.6 Å². The van der Waals surface area contributed by atoms with Gasteiger partial charge in [-0.05, 0) is 92.0 Å². The molecule has 7 N–H and O–H groups in total. The molecule has 248 valence electrons. The van der Waals surface area contributed by atoms with Crippen LogP contribution in [-0.2, 0) is 20.8 Å². The van der Waals surface area contributed by atoms with Crippen LogP contribution in [0.25, 0.3) is 16.9 Å². The van der Waals surface area contributed by atoms with Gasteiger partial charge in [-0.25, -0.2) is 4.79 Å². The van der Waals surface area contributed by atoms with Crippen molar-refractivity contribution in [3.8, 4) is 28.4 Å². The molecule has 0 saturated heterocycles. The summed E-state index contributed by atoms with van der Waals surface area (Å²) in [6.45, 7) is 0. The van der Waals surface area contributed by atoms with Gasteiger partial charge in [0, 0.05) is 17.2 Å². The second kappa shape index (κ2) is 11.9. The van der Waals surface area contributed by atoms with E-state index in [1.807, 2.05) is 0 Å². The summed E-state index contributed by atoms with van der Waals surface area (Å²) in [5.41, 5.74) is 3.79. The topological polar surface area (TPSA) is 209 Å². The van der Waals surface area contributed by atoms with Crippen LogP contribution in [0.3, 0.4) is 0 Å². The van der Waals surface area contributed by atoms with Crippen LogP contribution in [0.1, 0.15) is 17.5 Å². The Kier molecular flexibility index (Phi) is 7.97. The first-order valence-electron chi connectivity index (χ1n) is 15.0. The number of ether oxygens (including phenoxy) is 2. The highest BCUT2D eigenvalue weighted by molar-refractivity contribution is 6.24. The molecule has 13 heteroatoms. The van der Waals surface area contributed by atoms with E-state index in [2.05, 4.69) is 5.32 Å². The number of ketones is 2.